The number of rotatable bonds is 6. The van der Waals surface area contributed by atoms with Crippen LogP contribution < -0.4 is 15.2 Å². The Morgan fingerprint density at radius 3 is 2.04 bits per heavy atom. The summed E-state index contributed by atoms with van der Waals surface area (Å²) in [5.74, 6) is 1.30. The summed E-state index contributed by atoms with van der Waals surface area (Å²) in [6.07, 6.45) is 1.53. The van der Waals surface area contributed by atoms with Crippen molar-refractivity contribution in [1.29, 1.82) is 0 Å². The third-order valence-corrected chi connectivity index (χ3v) is 2.89. The second-order valence-corrected chi connectivity index (χ2v) is 5.27. The highest BCUT2D eigenvalue weighted by atomic mass is 16.6. The van der Waals surface area contributed by atoms with Gasteiger partial charge in [0.25, 0.3) is 5.69 Å². The summed E-state index contributed by atoms with van der Waals surface area (Å²) in [5.41, 5.74) is 3.48. The minimum Gasteiger partial charge on any atom is -0.347 e. The van der Waals surface area contributed by atoms with Gasteiger partial charge in [-0.15, -0.1) is 0 Å². The molecule has 0 aliphatic carbocycles. The quantitative estimate of drug-likeness (QED) is 0.480. The van der Waals surface area contributed by atoms with Crippen molar-refractivity contribution in [2.24, 2.45) is 5.10 Å². The first-order chi connectivity index (χ1) is 11.4. The van der Waals surface area contributed by atoms with Crippen molar-refractivity contribution in [3.8, 4) is 0 Å². The van der Waals surface area contributed by atoms with Crippen LogP contribution in [0.15, 0.2) is 29.4 Å². The molecule has 2 aromatic rings. The molecule has 0 amide bonds. The van der Waals surface area contributed by atoms with Crippen LogP contribution in [-0.2, 0) is 0 Å². The van der Waals surface area contributed by atoms with Crippen molar-refractivity contribution in [2.75, 3.05) is 43.4 Å². The first-order valence-electron chi connectivity index (χ1n) is 7.01. The third-order valence-electron chi connectivity index (χ3n) is 2.89. The van der Waals surface area contributed by atoms with E-state index in [-0.39, 0.29) is 5.69 Å². The molecule has 10 nitrogen and oxygen atoms in total. The Morgan fingerprint density at radius 2 is 1.58 bits per heavy atom. The summed E-state index contributed by atoms with van der Waals surface area (Å²) in [6, 6.07) is 6.04. The van der Waals surface area contributed by atoms with Gasteiger partial charge in [-0.3, -0.25) is 10.1 Å². The van der Waals surface area contributed by atoms with E-state index in [4.69, 9.17) is 0 Å². The number of nitro benzene ring substituents is 1. The number of hydrogen-bond donors (Lipinski definition) is 1. The van der Waals surface area contributed by atoms with Gasteiger partial charge in [0.15, 0.2) is 0 Å². The molecule has 0 unspecified atom stereocenters. The molecule has 1 aromatic carbocycles. The number of nitrogens with one attached hydrogen (secondary N) is 1. The Hall–Kier alpha value is -3.30. The molecular weight excluding hydrogens is 312 g/mol. The second kappa shape index (κ2) is 7.31. The summed E-state index contributed by atoms with van der Waals surface area (Å²) < 4.78 is 0. The number of hydrogen-bond acceptors (Lipinski definition) is 9. The maximum absolute atomic E-state index is 10.6. The minimum absolute atomic E-state index is 0.0313. The molecule has 24 heavy (non-hydrogen) atoms. The minimum atomic E-state index is -0.449. The fraction of sp³-hybridized carbons (Fsp3) is 0.286. The molecule has 0 aliphatic heterocycles. The van der Waals surface area contributed by atoms with Gasteiger partial charge in [-0.25, -0.2) is 5.43 Å². The number of non-ortho nitro benzene ring substituents is 1. The number of hydrazone groups is 1. The van der Waals surface area contributed by atoms with Crippen LogP contribution in [0.3, 0.4) is 0 Å². The third kappa shape index (κ3) is 4.35. The Morgan fingerprint density at radius 1 is 1.04 bits per heavy atom. The molecule has 0 atom stereocenters. The Balaban J connectivity index is 2.14. The van der Waals surface area contributed by atoms with Crippen LogP contribution >= 0.6 is 0 Å². The van der Waals surface area contributed by atoms with E-state index >= 15 is 0 Å². The van der Waals surface area contributed by atoms with Gasteiger partial charge in [-0.05, 0) is 17.7 Å². The highest BCUT2D eigenvalue weighted by Crippen LogP contribution is 2.13. The largest absolute Gasteiger partial charge is 0.347 e. The van der Waals surface area contributed by atoms with E-state index in [1.807, 2.05) is 28.2 Å². The zero-order valence-corrected chi connectivity index (χ0v) is 13.8. The van der Waals surface area contributed by atoms with Gasteiger partial charge in [-0.1, -0.05) is 0 Å². The van der Waals surface area contributed by atoms with Gasteiger partial charge in [0.2, 0.25) is 17.8 Å². The normalized spacial score (nSPS) is 10.7. The molecule has 0 saturated carbocycles. The molecule has 1 aromatic heterocycles. The van der Waals surface area contributed by atoms with E-state index in [1.54, 1.807) is 21.9 Å². The van der Waals surface area contributed by atoms with Crippen LogP contribution in [0.4, 0.5) is 23.5 Å². The highest BCUT2D eigenvalue weighted by Gasteiger charge is 2.09. The lowest BCUT2D eigenvalue weighted by atomic mass is 10.2. The van der Waals surface area contributed by atoms with Crippen LogP contribution in [0.2, 0.25) is 0 Å². The lowest BCUT2D eigenvalue weighted by molar-refractivity contribution is -0.384. The Kier molecular flexibility index (Phi) is 5.20. The lowest BCUT2D eigenvalue weighted by Gasteiger charge is -2.15. The summed E-state index contributed by atoms with van der Waals surface area (Å²) in [4.78, 5) is 26.5. The van der Waals surface area contributed by atoms with Crippen LogP contribution in [0.25, 0.3) is 0 Å². The summed E-state index contributed by atoms with van der Waals surface area (Å²) >= 11 is 0. The molecular formula is C14H18N8O2. The molecule has 0 bridgehead atoms. The van der Waals surface area contributed by atoms with Crippen LogP contribution in [0.5, 0.6) is 0 Å². The number of anilines is 3. The fourth-order valence-corrected chi connectivity index (χ4v) is 1.65. The van der Waals surface area contributed by atoms with Crippen LogP contribution in [0.1, 0.15) is 5.56 Å². The molecule has 10 heteroatoms. The molecule has 0 fully saturated rings. The van der Waals surface area contributed by atoms with Crippen molar-refractivity contribution in [2.45, 2.75) is 0 Å². The van der Waals surface area contributed by atoms with Gasteiger partial charge in [0.1, 0.15) is 0 Å². The number of nitrogens with zero attached hydrogens (tertiary/aromatic N) is 7. The average Bonchev–Trinajstić information content (AvgIpc) is 2.55. The maximum Gasteiger partial charge on any atom is 0.269 e. The first-order valence-corrected chi connectivity index (χ1v) is 7.01. The molecule has 0 spiro atoms. The lowest BCUT2D eigenvalue weighted by Crippen LogP contribution is -2.19. The van der Waals surface area contributed by atoms with Gasteiger partial charge in [-0.2, -0.15) is 20.1 Å². The van der Waals surface area contributed by atoms with E-state index in [2.05, 4.69) is 25.5 Å². The molecule has 0 aliphatic rings. The molecule has 2 rings (SSSR count). The molecule has 126 valence electrons. The van der Waals surface area contributed by atoms with Gasteiger partial charge < -0.3 is 9.80 Å². The predicted octanol–water partition coefficient (Wildman–Crippen LogP) is 1.36. The van der Waals surface area contributed by atoms with Crippen molar-refractivity contribution in [3.05, 3.63) is 39.9 Å². The van der Waals surface area contributed by atoms with E-state index in [1.165, 1.54) is 18.3 Å². The summed E-state index contributed by atoms with van der Waals surface area (Å²) in [5, 5.41) is 14.7. The fourth-order valence-electron chi connectivity index (χ4n) is 1.65. The molecule has 1 N–H and O–H groups in total. The monoisotopic (exact) mass is 330 g/mol. The van der Waals surface area contributed by atoms with Crippen LogP contribution in [0, 0.1) is 10.1 Å². The molecule has 1 heterocycles. The van der Waals surface area contributed by atoms with Crippen molar-refractivity contribution in [1.82, 2.24) is 15.0 Å². The summed E-state index contributed by atoms with van der Waals surface area (Å²) in [6.45, 7) is 0. The van der Waals surface area contributed by atoms with Gasteiger partial charge in [0.05, 0.1) is 11.1 Å². The molecule has 0 saturated heterocycles. The molecule has 0 radical (unpaired) electrons. The SMILES string of the molecule is CN(C)c1nc(N/N=C\c2ccc([N+](=O)[O-])cc2)nc(N(C)C)n1. The standard InChI is InChI=1S/C14H18N8O2/c1-20(2)13-16-12(17-14(18-13)21(3)4)19-15-9-10-5-7-11(8-6-10)22(23)24/h5-9H,1-4H3,(H,16,17,18,19)/b15-9-. The highest BCUT2D eigenvalue weighted by molar-refractivity contribution is 5.80. The van der Waals surface area contributed by atoms with Crippen molar-refractivity contribution >= 4 is 29.7 Å². The Labute approximate surface area is 139 Å². The van der Waals surface area contributed by atoms with E-state index < -0.39 is 4.92 Å². The second-order valence-electron chi connectivity index (χ2n) is 5.27. The van der Waals surface area contributed by atoms with Crippen LogP contribution in [-0.4, -0.2) is 54.3 Å². The van der Waals surface area contributed by atoms with E-state index in [0.717, 1.165) is 0 Å². The van der Waals surface area contributed by atoms with Crippen molar-refractivity contribution in [3.63, 3.8) is 0 Å². The number of aromatic nitrogens is 3. The number of nitro groups is 1. The summed E-state index contributed by atoms with van der Waals surface area (Å²) in [7, 11) is 7.33. The number of benzene rings is 1. The predicted molar refractivity (Wildman–Crippen MR) is 92.8 cm³/mol. The maximum atomic E-state index is 10.6. The average molecular weight is 330 g/mol. The topological polar surface area (TPSA) is 113 Å². The zero-order valence-electron chi connectivity index (χ0n) is 13.8. The van der Waals surface area contributed by atoms with Crippen molar-refractivity contribution < 1.29 is 4.92 Å². The van der Waals surface area contributed by atoms with E-state index in [0.29, 0.717) is 23.4 Å². The van der Waals surface area contributed by atoms with Gasteiger partial charge in [0, 0.05) is 40.3 Å². The van der Waals surface area contributed by atoms with Gasteiger partial charge >= 0.3 is 0 Å². The zero-order chi connectivity index (χ0) is 17.7. The smallest absolute Gasteiger partial charge is 0.269 e. The Bertz CT molecular complexity index is 717. The first kappa shape index (κ1) is 17.1. The van der Waals surface area contributed by atoms with E-state index in [9.17, 15) is 10.1 Å².